The van der Waals surface area contributed by atoms with Crippen LogP contribution in [0.3, 0.4) is 0 Å². The smallest absolute Gasteiger partial charge is 0.143 e. The molecule has 3 heteroatoms. The Kier molecular flexibility index (Phi) is 5.57. The van der Waals surface area contributed by atoms with Crippen molar-refractivity contribution in [2.45, 2.75) is 0 Å². The average Bonchev–Trinajstić information content (AvgIpc) is 3.84. The van der Waals surface area contributed by atoms with Gasteiger partial charge in [-0.15, -0.1) is 11.3 Å². The van der Waals surface area contributed by atoms with Crippen LogP contribution in [0, 0.1) is 0 Å². The number of hydrogen-bond acceptors (Lipinski definition) is 3. The number of rotatable bonds is 3. The molecule has 0 saturated carbocycles. The summed E-state index contributed by atoms with van der Waals surface area (Å²) in [5.41, 5.74) is 8.41. The second kappa shape index (κ2) is 10.2. The summed E-state index contributed by atoms with van der Waals surface area (Å²) in [6.07, 6.45) is 0. The molecule has 0 aliphatic carbocycles. The first-order valence-corrected chi connectivity index (χ1v) is 17.4. The molecule has 0 radical (unpaired) electrons. The van der Waals surface area contributed by atoms with Gasteiger partial charge in [-0.05, 0) is 63.0 Å². The first kappa shape index (κ1) is 26.9. The fourth-order valence-electron chi connectivity index (χ4n) is 8.03. The van der Waals surface area contributed by atoms with E-state index in [0.29, 0.717) is 0 Å². The van der Waals surface area contributed by atoms with Crippen LogP contribution in [0.15, 0.2) is 167 Å². The first-order valence-electron chi connectivity index (χ1n) is 16.6. The van der Waals surface area contributed by atoms with Crippen molar-refractivity contribution in [1.82, 2.24) is 0 Å². The third-order valence-electron chi connectivity index (χ3n) is 10.1. The molecule has 0 spiro atoms. The van der Waals surface area contributed by atoms with Crippen LogP contribution in [0.5, 0.6) is 0 Å². The van der Waals surface area contributed by atoms with Gasteiger partial charge >= 0.3 is 0 Å². The van der Waals surface area contributed by atoms with Crippen molar-refractivity contribution in [3.05, 3.63) is 158 Å². The van der Waals surface area contributed by atoms with Gasteiger partial charge in [0.05, 0.1) is 0 Å². The lowest BCUT2D eigenvalue weighted by Crippen LogP contribution is -1.92. The van der Waals surface area contributed by atoms with E-state index in [9.17, 15) is 0 Å². The molecule has 0 N–H and O–H groups in total. The van der Waals surface area contributed by atoms with E-state index in [2.05, 4.69) is 146 Å². The van der Waals surface area contributed by atoms with Gasteiger partial charge in [0.25, 0.3) is 0 Å². The predicted octanol–water partition coefficient (Wildman–Crippen LogP) is 14.0. The molecule has 0 bridgehead atoms. The van der Waals surface area contributed by atoms with Crippen LogP contribution in [-0.4, -0.2) is 0 Å². The van der Waals surface area contributed by atoms with E-state index in [1.54, 1.807) is 0 Å². The van der Waals surface area contributed by atoms with E-state index in [-0.39, 0.29) is 0 Å². The van der Waals surface area contributed by atoms with E-state index in [0.717, 1.165) is 49.8 Å². The minimum absolute atomic E-state index is 0.847. The number of para-hydroxylation sites is 1. The van der Waals surface area contributed by atoms with Gasteiger partial charge < -0.3 is 8.83 Å². The van der Waals surface area contributed by atoms with Gasteiger partial charge in [-0.2, -0.15) is 0 Å². The molecule has 0 saturated heterocycles. The van der Waals surface area contributed by atoms with Gasteiger partial charge in [0.1, 0.15) is 22.5 Å². The van der Waals surface area contributed by atoms with Crippen LogP contribution in [0.1, 0.15) is 0 Å². The van der Waals surface area contributed by atoms with Gasteiger partial charge in [-0.25, -0.2) is 0 Å². The van der Waals surface area contributed by atoms with Crippen molar-refractivity contribution in [3.8, 4) is 33.6 Å². The van der Waals surface area contributed by atoms with Gasteiger partial charge in [-0.3, -0.25) is 0 Å². The highest BCUT2D eigenvalue weighted by atomic mass is 32.1. The van der Waals surface area contributed by atoms with E-state index in [1.165, 1.54) is 58.4 Å². The van der Waals surface area contributed by atoms with Crippen molar-refractivity contribution < 1.29 is 8.83 Å². The quantitative estimate of drug-likeness (QED) is 0.179. The Balaban J connectivity index is 1.32. The minimum atomic E-state index is 0.847. The molecular weight excluding hydrogens is 617 g/mol. The van der Waals surface area contributed by atoms with Crippen LogP contribution in [-0.2, 0) is 0 Å². The Labute approximate surface area is 285 Å². The van der Waals surface area contributed by atoms with Crippen LogP contribution in [0.4, 0.5) is 0 Å². The number of furan rings is 2. The second-order valence-electron chi connectivity index (χ2n) is 12.7. The first-order chi connectivity index (χ1) is 24.3. The molecule has 0 amide bonds. The third-order valence-corrected chi connectivity index (χ3v) is 11.2. The van der Waals surface area contributed by atoms with Crippen LogP contribution >= 0.6 is 11.3 Å². The molecule has 0 atom stereocenters. The van der Waals surface area contributed by atoms with E-state index >= 15 is 0 Å². The summed E-state index contributed by atoms with van der Waals surface area (Å²) in [6, 6.07) is 56.4. The van der Waals surface area contributed by atoms with Gasteiger partial charge in [0, 0.05) is 53.0 Å². The highest BCUT2D eigenvalue weighted by Gasteiger charge is 2.26. The highest BCUT2D eigenvalue weighted by Crippen LogP contribution is 2.52. The zero-order valence-electron chi connectivity index (χ0n) is 26.2. The Bertz CT molecular complexity index is 3050. The monoisotopic (exact) mass is 642 g/mol. The summed E-state index contributed by atoms with van der Waals surface area (Å²) in [5.74, 6) is 0.863. The summed E-state index contributed by atoms with van der Waals surface area (Å²) in [5, 5.41) is 10.6. The Hall–Kier alpha value is -6.16. The maximum atomic E-state index is 6.93. The summed E-state index contributed by atoms with van der Waals surface area (Å²) in [6.45, 7) is 0. The summed E-state index contributed by atoms with van der Waals surface area (Å²) in [7, 11) is 0. The van der Waals surface area contributed by atoms with Gasteiger partial charge in [-0.1, -0.05) is 127 Å². The largest absolute Gasteiger partial charge is 0.456 e. The normalized spacial score (nSPS) is 12.1. The van der Waals surface area contributed by atoms with Crippen molar-refractivity contribution in [2.24, 2.45) is 0 Å². The van der Waals surface area contributed by atoms with Crippen molar-refractivity contribution in [3.63, 3.8) is 0 Å². The summed E-state index contributed by atoms with van der Waals surface area (Å²) in [4.78, 5) is 0. The fraction of sp³-hybridized carbons (Fsp3) is 0. The average molecular weight is 643 g/mol. The van der Waals surface area contributed by atoms with Gasteiger partial charge in [0.2, 0.25) is 0 Å². The molecule has 11 rings (SSSR count). The minimum Gasteiger partial charge on any atom is -0.456 e. The molecule has 2 nitrogen and oxygen atoms in total. The number of fused-ring (bicyclic) bond motifs is 9. The Morgan fingerprint density at radius 3 is 1.67 bits per heavy atom. The Morgan fingerprint density at radius 1 is 0.347 bits per heavy atom. The lowest BCUT2D eigenvalue weighted by atomic mass is 9.84. The molecule has 0 aliphatic rings. The zero-order chi connectivity index (χ0) is 32.1. The number of benzene rings is 8. The van der Waals surface area contributed by atoms with E-state index in [1.807, 2.05) is 23.5 Å². The summed E-state index contributed by atoms with van der Waals surface area (Å²) < 4.78 is 16.0. The topological polar surface area (TPSA) is 26.3 Å². The number of thiophene rings is 1. The molecule has 3 aromatic heterocycles. The third kappa shape index (κ3) is 3.82. The predicted molar refractivity (Wildman–Crippen MR) is 208 cm³/mol. The fourth-order valence-corrected chi connectivity index (χ4v) is 9.16. The second-order valence-corrected chi connectivity index (χ2v) is 13.8. The maximum absolute atomic E-state index is 6.93. The SMILES string of the molecule is c1ccc(-c2oc3cc4c(cc3c2-c2c3ccccc3c(-c3cccc5sc6ccccc6c35)c3ccccc23)oc2ccccc24)cc1. The molecule has 8 aromatic carbocycles. The molecular formula is C46H26O2S. The van der Waals surface area contributed by atoms with Crippen molar-refractivity contribution in [1.29, 1.82) is 0 Å². The molecule has 0 aliphatic heterocycles. The molecule has 11 aromatic rings. The lowest BCUT2D eigenvalue weighted by molar-refractivity contribution is 0.632. The molecule has 49 heavy (non-hydrogen) atoms. The number of hydrogen-bond donors (Lipinski definition) is 0. The standard InChI is InChI=1S/C46H26O2S/c1-2-13-27(14-3-1)46-45(36-26-38-35(25-39(36)48-46)28-15-8-10-22-37(28)47-38)44-31-18-6-4-16-29(31)42(30-17-5-7-19-32(30)44)34-21-12-24-41-43(34)33-20-9-11-23-40(33)49-41/h1-26H. The van der Waals surface area contributed by atoms with Crippen LogP contribution < -0.4 is 0 Å². The highest BCUT2D eigenvalue weighted by molar-refractivity contribution is 7.25. The van der Waals surface area contributed by atoms with E-state index < -0.39 is 0 Å². The molecule has 228 valence electrons. The van der Waals surface area contributed by atoms with E-state index in [4.69, 9.17) is 8.83 Å². The maximum Gasteiger partial charge on any atom is 0.143 e. The lowest BCUT2D eigenvalue weighted by Gasteiger charge is -2.18. The van der Waals surface area contributed by atoms with Crippen molar-refractivity contribution in [2.75, 3.05) is 0 Å². The molecule has 0 unspecified atom stereocenters. The van der Waals surface area contributed by atoms with Crippen molar-refractivity contribution >= 4 is 86.0 Å². The summed E-state index contributed by atoms with van der Waals surface area (Å²) >= 11 is 1.86. The molecule has 0 fully saturated rings. The van der Waals surface area contributed by atoms with Crippen LogP contribution in [0.2, 0.25) is 0 Å². The molecule has 3 heterocycles. The van der Waals surface area contributed by atoms with Crippen LogP contribution in [0.25, 0.3) is 108 Å². The zero-order valence-corrected chi connectivity index (χ0v) is 27.1. The Morgan fingerprint density at radius 2 is 0.918 bits per heavy atom. The van der Waals surface area contributed by atoms with Gasteiger partial charge in [0.15, 0.2) is 0 Å².